The third kappa shape index (κ3) is 4.57. The van der Waals surface area contributed by atoms with Gasteiger partial charge >= 0.3 is 5.97 Å². The van der Waals surface area contributed by atoms with Crippen LogP contribution in [0.5, 0.6) is 0 Å². The maximum atomic E-state index is 12.1. The van der Waals surface area contributed by atoms with E-state index in [0.29, 0.717) is 26.1 Å². The molecule has 0 unspecified atom stereocenters. The number of morpholine rings is 1. The number of aliphatic carboxylic acids is 1. The van der Waals surface area contributed by atoms with E-state index in [-0.39, 0.29) is 18.4 Å². The van der Waals surface area contributed by atoms with Gasteiger partial charge in [-0.1, -0.05) is 0 Å². The number of ether oxygens (including phenoxy) is 1. The molecule has 1 atom stereocenters. The van der Waals surface area contributed by atoms with E-state index in [9.17, 15) is 9.59 Å². The molecule has 2 heterocycles. The molecule has 0 bridgehead atoms. The minimum atomic E-state index is -0.896. The molecule has 20 heavy (non-hydrogen) atoms. The molecule has 0 spiro atoms. The third-order valence-electron chi connectivity index (χ3n) is 3.10. The number of amides is 1. The van der Waals surface area contributed by atoms with E-state index in [1.54, 1.807) is 16.2 Å². The quantitative estimate of drug-likeness (QED) is 0.872. The second kappa shape index (κ2) is 7.19. The normalized spacial score (nSPS) is 19.1. The van der Waals surface area contributed by atoms with Crippen LogP contribution in [0, 0.1) is 0 Å². The number of carbonyl (C=O) groups is 2. The molecule has 0 radical (unpaired) electrons. The summed E-state index contributed by atoms with van der Waals surface area (Å²) in [5.41, 5.74) is 0. The minimum Gasteiger partial charge on any atom is -0.481 e. The summed E-state index contributed by atoms with van der Waals surface area (Å²) in [5, 5.41) is 10.8. The molecular weight excluding hydrogens is 346 g/mol. The van der Waals surface area contributed by atoms with Crippen molar-refractivity contribution in [2.24, 2.45) is 0 Å². The summed E-state index contributed by atoms with van der Waals surface area (Å²) >= 11 is 5.02. The highest BCUT2D eigenvalue weighted by Crippen LogP contribution is 2.21. The molecule has 0 aliphatic carbocycles. The van der Waals surface area contributed by atoms with Gasteiger partial charge in [0.05, 0.1) is 19.1 Å². The van der Waals surface area contributed by atoms with Crippen molar-refractivity contribution in [3.8, 4) is 0 Å². The molecule has 1 aliphatic heterocycles. The van der Waals surface area contributed by atoms with Crippen molar-refractivity contribution < 1.29 is 19.4 Å². The maximum absolute atomic E-state index is 12.1. The average molecular weight is 362 g/mol. The largest absolute Gasteiger partial charge is 0.481 e. The smallest absolute Gasteiger partial charge is 0.306 e. The van der Waals surface area contributed by atoms with Crippen LogP contribution < -0.4 is 0 Å². The Labute approximate surface area is 129 Å². The Kier molecular flexibility index (Phi) is 5.56. The highest BCUT2D eigenvalue weighted by Gasteiger charge is 2.25. The van der Waals surface area contributed by atoms with Crippen molar-refractivity contribution in [1.82, 2.24) is 4.90 Å². The lowest BCUT2D eigenvalue weighted by Crippen LogP contribution is -2.46. The van der Waals surface area contributed by atoms with Crippen molar-refractivity contribution in [2.75, 3.05) is 19.7 Å². The monoisotopic (exact) mass is 361 g/mol. The molecule has 1 amide bonds. The number of carboxylic acid groups (broad SMARTS) is 1. The van der Waals surface area contributed by atoms with E-state index >= 15 is 0 Å². The average Bonchev–Trinajstić information content (AvgIpc) is 2.81. The van der Waals surface area contributed by atoms with E-state index in [2.05, 4.69) is 15.9 Å². The highest BCUT2D eigenvalue weighted by molar-refractivity contribution is 9.10. The van der Waals surface area contributed by atoms with Gasteiger partial charge in [0.25, 0.3) is 0 Å². The van der Waals surface area contributed by atoms with Crippen LogP contribution in [0.4, 0.5) is 0 Å². The Balaban J connectivity index is 1.81. The topological polar surface area (TPSA) is 66.8 Å². The molecule has 110 valence electrons. The summed E-state index contributed by atoms with van der Waals surface area (Å²) in [6, 6.07) is 2.02. The maximum Gasteiger partial charge on any atom is 0.306 e. The van der Waals surface area contributed by atoms with Crippen LogP contribution in [-0.2, 0) is 20.7 Å². The van der Waals surface area contributed by atoms with E-state index in [0.717, 1.165) is 10.9 Å². The summed E-state index contributed by atoms with van der Waals surface area (Å²) in [6.07, 6.45) is 0.728. The van der Waals surface area contributed by atoms with Gasteiger partial charge in [-0.25, -0.2) is 0 Å². The standard InChI is InChI=1S/C13H16BrNO4S/c14-9-5-11(20-8-9)1-2-12(16)15-3-4-19-10(7-15)6-13(17)18/h5,8,10H,1-4,6-7H2,(H,17,18)/t10-/m0/s1. The van der Waals surface area contributed by atoms with Crippen molar-refractivity contribution in [3.63, 3.8) is 0 Å². The molecule has 1 saturated heterocycles. The Bertz CT molecular complexity index is 490. The zero-order valence-electron chi connectivity index (χ0n) is 10.9. The van der Waals surface area contributed by atoms with Gasteiger partial charge in [0.1, 0.15) is 0 Å². The predicted molar refractivity (Wildman–Crippen MR) is 78.9 cm³/mol. The molecule has 7 heteroatoms. The van der Waals surface area contributed by atoms with Gasteiger partial charge < -0.3 is 14.7 Å². The van der Waals surface area contributed by atoms with Crippen molar-refractivity contribution in [1.29, 1.82) is 0 Å². The summed E-state index contributed by atoms with van der Waals surface area (Å²) < 4.78 is 6.40. The fourth-order valence-corrected chi connectivity index (χ4v) is 3.59. The lowest BCUT2D eigenvalue weighted by Gasteiger charge is -2.32. The van der Waals surface area contributed by atoms with Crippen molar-refractivity contribution in [3.05, 3.63) is 20.8 Å². The number of thiophene rings is 1. The van der Waals surface area contributed by atoms with Gasteiger partial charge in [0, 0.05) is 34.2 Å². The Hall–Kier alpha value is -0.920. The first-order valence-electron chi connectivity index (χ1n) is 6.38. The number of carboxylic acids is 1. The van der Waals surface area contributed by atoms with Crippen LogP contribution in [0.15, 0.2) is 15.9 Å². The second-order valence-electron chi connectivity index (χ2n) is 4.66. The van der Waals surface area contributed by atoms with Crippen molar-refractivity contribution >= 4 is 39.1 Å². The molecule has 1 N–H and O–H groups in total. The number of rotatable bonds is 5. The van der Waals surface area contributed by atoms with Gasteiger partial charge in [0.2, 0.25) is 5.91 Å². The number of hydrogen-bond donors (Lipinski definition) is 1. The van der Waals surface area contributed by atoms with E-state index < -0.39 is 5.97 Å². The molecule has 1 aliphatic rings. The molecular formula is C13H16BrNO4S. The minimum absolute atomic E-state index is 0.0539. The summed E-state index contributed by atoms with van der Waals surface area (Å²) in [7, 11) is 0. The van der Waals surface area contributed by atoms with Crippen LogP contribution >= 0.6 is 27.3 Å². The van der Waals surface area contributed by atoms with Crippen LogP contribution in [0.3, 0.4) is 0 Å². The molecule has 0 saturated carbocycles. The molecule has 1 aromatic rings. The van der Waals surface area contributed by atoms with Gasteiger partial charge in [-0.2, -0.15) is 0 Å². The lowest BCUT2D eigenvalue weighted by atomic mass is 10.2. The molecule has 1 fully saturated rings. The Morgan fingerprint density at radius 1 is 1.55 bits per heavy atom. The summed E-state index contributed by atoms with van der Waals surface area (Å²) in [6.45, 7) is 1.33. The van der Waals surface area contributed by atoms with Crippen LogP contribution in [-0.4, -0.2) is 47.7 Å². The predicted octanol–water partition coefficient (Wildman–Crippen LogP) is 2.15. The number of halogens is 1. The van der Waals surface area contributed by atoms with Crippen LogP contribution in [0.25, 0.3) is 0 Å². The molecule has 5 nitrogen and oxygen atoms in total. The van der Waals surface area contributed by atoms with Gasteiger partial charge in [-0.05, 0) is 28.4 Å². The SMILES string of the molecule is O=C(O)C[C@H]1CN(C(=O)CCc2cc(Br)cs2)CCO1. The number of hydrogen-bond acceptors (Lipinski definition) is 4. The van der Waals surface area contributed by atoms with Gasteiger partial charge in [0.15, 0.2) is 0 Å². The first kappa shape index (κ1) is 15.5. The summed E-state index contributed by atoms with van der Waals surface area (Å²) in [4.78, 5) is 25.7. The van der Waals surface area contributed by atoms with Gasteiger partial charge in [-0.15, -0.1) is 11.3 Å². The van der Waals surface area contributed by atoms with E-state index in [4.69, 9.17) is 9.84 Å². The highest BCUT2D eigenvalue weighted by atomic mass is 79.9. The molecule has 0 aromatic carbocycles. The third-order valence-corrected chi connectivity index (χ3v) is 4.86. The van der Waals surface area contributed by atoms with E-state index in [1.807, 2.05) is 11.4 Å². The van der Waals surface area contributed by atoms with Crippen LogP contribution in [0.2, 0.25) is 0 Å². The molecule has 2 rings (SSSR count). The zero-order valence-corrected chi connectivity index (χ0v) is 13.3. The second-order valence-corrected chi connectivity index (χ2v) is 6.57. The van der Waals surface area contributed by atoms with Crippen molar-refractivity contribution in [2.45, 2.75) is 25.4 Å². The number of nitrogens with zero attached hydrogens (tertiary/aromatic N) is 1. The van der Waals surface area contributed by atoms with E-state index in [1.165, 1.54) is 4.88 Å². The first-order chi connectivity index (χ1) is 9.54. The van der Waals surface area contributed by atoms with Gasteiger partial charge in [-0.3, -0.25) is 9.59 Å². The summed E-state index contributed by atoms with van der Waals surface area (Å²) in [5.74, 6) is -0.832. The zero-order chi connectivity index (χ0) is 14.5. The fourth-order valence-electron chi connectivity index (χ4n) is 2.14. The fraction of sp³-hybridized carbons (Fsp3) is 0.538. The Morgan fingerprint density at radius 2 is 2.35 bits per heavy atom. The Morgan fingerprint density at radius 3 is 3.00 bits per heavy atom. The lowest BCUT2D eigenvalue weighted by molar-refractivity contribution is -0.147. The number of aryl methyl sites for hydroxylation is 1. The first-order valence-corrected chi connectivity index (χ1v) is 8.06. The number of carbonyl (C=O) groups excluding carboxylic acids is 1. The van der Waals surface area contributed by atoms with Crippen LogP contribution in [0.1, 0.15) is 17.7 Å². The molecule has 1 aromatic heterocycles.